The van der Waals surface area contributed by atoms with E-state index in [0.717, 1.165) is 16.7 Å². The van der Waals surface area contributed by atoms with Crippen LogP contribution in [0.1, 0.15) is 23.6 Å². The summed E-state index contributed by atoms with van der Waals surface area (Å²) in [5, 5.41) is 11.5. The average molecular weight is 351 g/mol. The zero-order chi connectivity index (χ0) is 19.0. The summed E-state index contributed by atoms with van der Waals surface area (Å²) in [5.74, 6) is -1.31. The van der Waals surface area contributed by atoms with Crippen molar-refractivity contribution in [1.29, 1.82) is 0 Å². The van der Waals surface area contributed by atoms with Gasteiger partial charge in [-0.2, -0.15) is 0 Å². The molecule has 3 aromatic rings. The number of aryl methyl sites for hydroxylation is 3. The molecule has 1 atom stereocenters. The molecule has 5 heteroatoms. The second-order valence-electron chi connectivity index (χ2n) is 6.49. The summed E-state index contributed by atoms with van der Waals surface area (Å²) in [5.41, 5.74) is 3.44. The van der Waals surface area contributed by atoms with Gasteiger partial charge in [0, 0.05) is 5.56 Å². The van der Waals surface area contributed by atoms with E-state index in [4.69, 9.17) is 9.15 Å². The summed E-state index contributed by atoms with van der Waals surface area (Å²) in [6, 6.07) is 11.0. The number of hydrogen-bond acceptors (Lipinski definition) is 5. The van der Waals surface area contributed by atoms with Crippen molar-refractivity contribution in [2.75, 3.05) is 0 Å². The van der Waals surface area contributed by atoms with Gasteiger partial charge in [0.2, 0.25) is 11.2 Å². The monoisotopic (exact) mass is 351 g/mol. The third-order valence-electron chi connectivity index (χ3n) is 4.24. The number of carbonyl (C=O) groups excluding carboxylic acids is 1. The Morgan fingerprint density at radius 3 is 2.35 bits per heavy atom. The third-order valence-corrected chi connectivity index (χ3v) is 4.24. The summed E-state index contributed by atoms with van der Waals surface area (Å²) in [4.78, 5) is 24.2. The molecular weight excluding hydrogens is 332 g/mol. The Morgan fingerprint density at radius 1 is 1.08 bits per heavy atom. The molecule has 2 aromatic carbocycles. The molecule has 0 amide bonds. The van der Waals surface area contributed by atoms with Crippen LogP contribution in [0.15, 0.2) is 45.6 Å². The van der Waals surface area contributed by atoms with Gasteiger partial charge in [-0.05, 0) is 44.9 Å². The van der Waals surface area contributed by atoms with Crippen LogP contribution < -0.4 is 15.3 Å². The predicted octanol–water partition coefficient (Wildman–Crippen LogP) is 2.90. The first-order chi connectivity index (χ1) is 12.3. The maximum Gasteiger partial charge on any atom is 0.235 e. The fourth-order valence-electron chi connectivity index (χ4n) is 2.90. The van der Waals surface area contributed by atoms with Gasteiger partial charge in [0.25, 0.3) is 0 Å². The first-order valence-electron chi connectivity index (χ1n) is 8.30. The van der Waals surface area contributed by atoms with Gasteiger partial charge in [-0.15, -0.1) is 0 Å². The van der Waals surface area contributed by atoms with Gasteiger partial charge < -0.3 is 19.1 Å². The van der Waals surface area contributed by atoms with Gasteiger partial charge in [-0.3, -0.25) is 4.79 Å². The standard InChI is InChI=1S/C21H20O5/c1-11-5-7-15(8-6-11)19-20(25-14(4)21(23)24)18(22)17-13(3)9-12(2)10-16(17)26-19/h5-10,14H,1-4H3,(H,23,24)/p-1. The van der Waals surface area contributed by atoms with Crippen LogP contribution in [0.5, 0.6) is 5.75 Å². The van der Waals surface area contributed by atoms with Crippen LogP contribution in [-0.4, -0.2) is 12.1 Å². The number of carboxylic acid groups (broad SMARTS) is 1. The topological polar surface area (TPSA) is 79.6 Å². The molecule has 134 valence electrons. The summed E-state index contributed by atoms with van der Waals surface area (Å²) < 4.78 is 11.5. The maximum atomic E-state index is 13.1. The number of hydrogen-bond donors (Lipinski definition) is 0. The van der Waals surface area contributed by atoms with Gasteiger partial charge in [0.15, 0.2) is 5.76 Å². The van der Waals surface area contributed by atoms with Crippen LogP contribution in [0.25, 0.3) is 22.3 Å². The minimum atomic E-state index is -1.40. The van der Waals surface area contributed by atoms with Crippen LogP contribution in [0.2, 0.25) is 0 Å². The number of benzene rings is 2. The summed E-state index contributed by atoms with van der Waals surface area (Å²) >= 11 is 0. The van der Waals surface area contributed by atoms with E-state index in [2.05, 4.69) is 0 Å². The van der Waals surface area contributed by atoms with Crippen molar-refractivity contribution in [3.05, 3.63) is 63.3 Å². The van der Waals surface area contributed by atoms with E-state index in [0.29, 0.717) is 16.5 Å². The average Bonchev–Trinajstić information content (AvgIpc) is 2.57. The molecule has 5 nitrogen and oxygen atoms in total. The number of aliphatic carboxylic acids is 1. The number of ether oxygens (including phenoxy) is 1. The molecule has 0 radical (unpaired) electrons. The van der Waals surface area contributed by atoms with Crippen LogP contribution in [0.3, 0.4) is 0 Å². The smallest absolute Gasteiger partial charge is 0.235 e. The molecule has 0 fully saturated rings. The van der Waals surface area contributed by atoms with Gasteiger partial charge >= 0.3 is 0 Å². The number of carbonyl (C=O) groups is 1. The van der Waals surface area contributed by atoms with E-state index >= 15 is 0 Å². The van der Waals surface area contributed by atoms with Gasteiger partial charge in [0.1, 0.15) is 11.7 Å². The lowest BCUT2D eigenvalue weighted by molar-refractivity contribution is -0.312. The molecule has 3 rings (SSSR count). The van der Waals surface area contributed by atoms with E-state index in [9.17, 15) is 14.7 Å². The molecule has 0 aliphatic rings. The second-order valence-corrected chi connectivity index (χ2v) is 6.49. The Labute approximate surface area is 150 Å². The number of rotatable bonds is 4. The summed E-state index contributed by atoms with van der Waals surface area (Å²) in [7, 11) is 0. The lowest BCUT2D eigenvalue weighted by Gasteiger charge is -2.18. The van der Waals surface area contributed by atoms with Crippen molar-refractivity contribution in [3.63, 3.8) is 0 Å². The maximum absolute atomic E-state index is 13.1. The van der Waals surface area contributed by atoms with E-state index in [1.54, 1.807) is 18.2 Å². The Bertz CT molecular complexity index is 1040. The number of carboxylic acids is 1. The quantitative estimate of drug-likeness (QED) is 0.722. The minimum absolute atomic E-state index is 0.120. The molecule has 1 heterocycles. The van der Waals surface area contributed by atoms with E-state index < -0.39 is 17.5 Å². The normalized spacial score (nSPS) is 12.2. The summed E-state index contributed by atoms with van der Waals surface area (Å²) in [6.45, 7) is 6.99. The fourth-order valence-corrected chi connectivity index (χ4v) is 2.90. The zero-order valence-electron chi connectivity index (χ0n) is 15.1. The van der Waals surface area contributed by atoms with Crippen LogP contribution in [0, 0.1) is 20.8 Å². The van der Waals surface area contributed by atoms with Gasteiger partial charge in [0.05, 0.1) is 11.4 Å². The first-order valence-corrected chi connectivity index (χ1v) is 8.30. The highest BCUT2D eigenvalue weighted by Gasteiger charge is 2.21. The summed E-state index contributed by atoms with van der Waals surface area (Å²) in [6.07, 6.45) is -1.29. The Kier molecular flexibility index (Phi) is 4.55. The Balaban J connectivity index is 2.34. The van der Waals surface area contributed by atoms with Crippen molar-refractivity contribution in [2.24, 2.45) is 0 Å². The molecule has 0 saturated carbocycles. The Morgan fingerprint density at radius 2 is 1.73 bits per heavy atom. The Hall–Kier alpha value is -3.08. The highest BCUT2D eigenvalue weighted by Crippen LogP contribution is 2.33. The SMILES string of the molecule is Cc1ccc(-c2oc3cc(C)cc(C)c3c(=O)c2OC(C)C(=O)[O-])cc1. The minimum Gasteiger partial charge on any atom is -0.546 e. The van der Waals surface area contributed by atoms with Crippen molar-refractivity contribution in [2.45, 2.75) is 33.8 Å². The lowest BCUT2D eigenvalue weighted by atomic mass is 10.0. The predicted molar refractivity (Wildman–Crippen MR) is 97.2 cm³/mol. The van der Waals surface area contributed by atoms with Crippen molar-refractivity contribution in [1.82, 2.24) is 0 Å². The molecule has 0 saturated heterocycles. The zero-order valence-corrected chi connectivity index (χ0v) is 15.1. The van der Waals surface area contributed by atoms with Crippen LogP contribution >= 0.6 is 0 Å². The van der Waals surface area contributed by atoms with E-state index in [-0.39, 0.29) is 11.5 Å². The molecule has 0 aliphatic carbocycles. The first kappa shape index (κ1) is 17.7. The molecule has 0 aliphatic heterocycles. The second kappa shape index (κ2) is 6.67. The molecule has 1 unspecified atom stereocenters. The molecule has 26 heavy (non-hydrogen) atoms. The highest BCUT2D eigenvalue weighted by atomic mass is 16.5. The van der Waals surface area contributed by atoms with Crippen LogP contribution in [0.4, 0.5) is 0 Å². The molecular formula is C21H19O5-. The molecule has 0 N–H and O–H groups in total. The van der Waals surface area contributed by atoms with Crippen molar-refractivity contribution in [3.8, 4) is 17.1 Å². The molecule has 1 aromatic heterocycles. The van der Waals surface area contributed by atoms with Crippen molar-refractivity contribution >= 4 is 16.9 Å². The van der Waals surface area contributed by atoms with Crippen LogP contribution in [-0.2, 0) is 4.79 Å². The van der Waals surface area contributed by atoms with E-state index in [1.807, 2.05) is 39.0 Å². The largest absolute Gasteiger partial charge is 0.546 e. The van der Waals surface area contributed by atoms with Gasteiger partial charge in [-0.1, -0.05) is 35.9 Å². The van der Waals surface area contributed by atoms with Gasteiger partial charge in [-0.25, -0.2) is 0 Å². The molecule has 0 spiro atoms. The third kappa shape index (κ3) is 3.20. The fraction of sp³-hybridized carbons (Fsp3) is 0.238. The van der Waals surface area contributed by atoms with Crippen molar-refractivity contribution < 1.29 is 19.1 Å². The van der Waals surface area contributed by atoms with E-state index in [1.165, 1.54) is 6.92 Å². The molecule has 0 bridgehead atoms. The highest BCUT2D eigenvalue weighted by molar-refractivity contribution is 5.85. The number of fused-ring (bicyclic) bond motifs is 1. The lowest BCUT2D eigenvalue weighted by Crippen LogP contribution is -2.38.